The van der Waals surface area contributed by atoms with E-state index in [1.807, 2.05) is 38.2 Å². The summed E-state index contributed by atoms with van der Waals surface area (Å²) in [5.74, 6) is 1.22. The van der Waals surface area contributed by atoms with Crippen LogP contribution in [0.25, 0.3) is 0 Å². The molecule has 142 valence electrons. The van der Waals surface area contributed by atoms with Gasteiger partial charge in [0.25, 0.3) is 5.91 Å². The fraction of sp³-hybridized carbons (Fsp3) is 0.600. The van der Waals surface area contributed by atoms with Crippen molar-refractivity contribution in [2.45, 2.75) is 57.7 Å². The lowest BCUT2D eigenvalue weighted by molar-refractivity contribution is -0.123. The van der Waals surface area contributed by atoms with Crippen LogP contribution in [0.2, 0.25) is 0 Å². The molecule has 1 aromatic rings. The number of hydrogen-bond acceptors (Lipinski definition) is 3. The zero-order valence-corrected chi connectivity index (χ0v) is 15.8. The van der Waals surface area contributed by atoms with E-state index in [4.69, 9.17) is 4.74 Å². The summed E-state index contributed by atoms with van der Waals surface area (Å²) >= 11 is 0. The van der Waals surface area contributed by atoms with Gasteiger partial charge in [0.2, 0.25) is 0 Å². The summed E-state index contributed by atoms with van der Waals surface area (Å²) in [5, 5.41) is 5.93. The van der Waals surface area contributed by atoms with Gasteiger partial charge in [0.15, 0.2) is 6.61 Å². The molecule has 2 atom stereocenters. The maximum atomic E-state index is 12.4. The Morgan fingerprint density at radius 1 is 1.15 bits per heavy atom. The zero-order valence-electron chi connectivity index (χ0n) is 15.8. The Labute approximate surface area is 155 Å². The molecular weight excluding hydrogens is 330 g/mol. The van der Waals surface area contributed by atoms with Crippen molar-refractivity contribution in [3.8, 4) is 5.75 Å². The molecule has 6 nitrogen and oxygen atoms in total. The van der Waals surface area contributed by atoms with Crippen LogP contribution in [0.3, 0.4) is 0 Å². The fourth-order valence-corrected chi connectivity index (χ4v) is 2.95. The van der Waals surface area contributed by atoms with Crippen LogP contribution in [-0.4, -0.2) is 42.6 Å². The Kier molecular flexibility index (Phi) is 5.69. The van der Waals surface area contributed by atoms with E-state index >= 15 is 0 Å². The van der Waals surface area contributed by atoms with Crippen molar-refractivity contribution in [1.29, 1.82) is 0 Å². The van der Waals surface area contributed by atoms with Crippen molar-refractivity contribution in [1.82, 2.24) is 15.5 Å². The lowest BCUT2D eigenvalue weighted by Crippen LogP contribution is -2.44. The van der Waals surface area contributed by atoms with Crippen molar-refractivity contribution in [3.63, 3.8) is 0 Å². The third-order valence-electron chi connectivity index (χ3n) is 5.27. The monoisotopic (exact) mass is 359 g/mol. The molecule has 3 amide bonds. The Morgan fingerprint density at radius 2 is 1.81 bits per heavy atom. The molecule has 6 heteroatoms. The number of nitrogens with one attached hydrogen (secondary N) is 2. The van der Waals surface area contributed by atoms with Gasteiger partial charge < -0.3 is 20.3 Å². The van der Waals surface area contributed by atoms with E-state index in [0.29, 0.717) is 17.7 Å². The lowest BCUT2D eigenvalue weighted by Gasteiger charge is -2.27. The second kappa shape index (κ2) is 7.98. The molecule has 0 aliphatic heterocycles. The first-order valence-corrected chi connectivity index (χ1v) is 9.49. The van der Waals surface area contributed by atoms with E-state index in [9.17, 15) is 9.59 Å². The van der Waals surface area contributed by atoms with Gasteiger partial charge in [0.1, 0.15) is 5.75 Å². The summed E-state index contributed by atoms with van der Waals surface area (Å²) in [5.41, 5.74) is 1.00. The number of amides is 3. The maximum Gasteiger partial charge on any atom is 0.317 e. The van der Waals surface area contributed by atoms with Crippen LogP contribution < -0.4 is 15.4 Å². The highest BCUT2D eigenvalue weighted by atomic mass is 16.5. The van der Waals surface area contributed by atoms with Crippen LogP contribution >= 0.6 is 0 Å². The molecular formula is C20H29N3O3. The van der Waals surface area contributed by atoms with E-state index < -0.39 is 0 Å². The summed E-state index contributed by atoms with van der Waals surface area (Å²) in [6.07, 6.45) is 4.57. The van der Waals surface area contributed by atoms with E-state index in [2.05, 4.69) is 17.6 Å². The van der Waals surface area contributed by atoms with Gasteiger partial charge in [-0.2, -0.15) is 0 Å². The minimum atomic E-state index is -0.0939. The van der Waals surface area contributed by atoms with Crippen LogP contribution in [-0.2, 0) is 4.79 Å². The van der Waals surface area contributed by atoms with E-state index in [-0.39, 0.29) is 30.6 Å². The number of carbonyl (C=O) groups is 2. The zero-order chi connectivity index (χ0) is 18.7. The SMILES string of the molecule is CC(NC(=O)N(C)C(C)C1CC1)c1ccc(OCC(=O)NC2CC2)cc1. The lowest BCUT2D eigenvalue weighted by atomic mass is 10.1. The van der Waals surface area contributed by atoms with Gasteiger partial charge in [-0.05, 0) is 63.1 Å². The number of nitrogens with zero attached hydrogens (tertiary/aromatic N) is 1. The molecule has 2 fully saturated rings. The molecule has 0 bridgehead atoms. The Balaban J connectivity index is 1.45. The smallest absolute Gasteiger partial charge is 0.317 e. The first-order chi connectivity index (χ1) is 12.4. The minimum Gasteiger partial charge on any atom is -0.484 e. The number of ether oxygens (including phenoxy) is 1. The topological polar surface area (TPSA) is 70.7 Å². The van der Waals surface area contributed by atoms with Gasteiger partial charge in [-0.3, -0.25) is 4.79 Å². The first kappa shape index (κ1) is 18.5. The predicted octanol–water partition coefficient (Wildman–Crippen LogP) is 2.84. The normalized spacial score (nSPS) is 18.6. The molecule has 0 heterocycles. The Morgan fingerprint density at radius 3 is 2.38 bits per heavy atom. The number of hydrogen-bond donors (Lipinski definition) is 2. The van der Waals surface area contributed by atoms with Crippen molar-refractivity contribution in [2.24, 2.45) is 5.92 Å². The first-order valence-electron chi connectivity index (χ1n) is 9.49. The molecule has 2 aliphatic carbocycles. The van der Waals surface area contributed by atoms with Crippen molar-refractivity contribution < 1.29 is 14.3 Å². The highest BCUT2D eigenvalue weighted by molar-refractivity contribution is 5.78. The molecule has 0 saturated heterocycles. The Hall–Kier alpha value is -2.24. The van der Waals surface area contributed by atoms with Crippen LogP contribution in [0.4, 0.5) is 4.79 Å². The highest BCUT2D eigenvalue weighted by Gasteiger charge is 2.32. The largest absolute Gasteiger partial charge is 0.484 e. The third kappa shape index (κ3) is 5.13. The minimum absolute atomic E-state index is 0.0337. The molecule has 2 aliphatic rings. The molecule has 26 heavy (non-hydrogen) atoms. The van der Waals surface area contributed by atoms with Gasteiger partial charge in [-0.1, -0.05) is 12.1 Å². The maximum absolute atomic E-state index is 12.4. The van der Waals surface area contributed by atoms with Crippen molar-refractivity contribution >= 4 is 11.9 Å². The summed E-state index contributed by atoms with van der Waals surface area (Å²) in [7, 11) is 1.86. The number of benzene rings is 1. The second-order valence-corrected chi connectivity index (χ2v) is 7.56. The van der Waals surface area contributed by atoms with Crippen molar-refractivity contribution in [3.05, 3.63) is 29.8 Å². The van der Waals surface area contributed by atoms with E-state index in [0.717, 1.165) is 18.4 Å². The van der Waals surface area contributed by atoms with Gasteiger partial charge in [0, 0.05) is 19.1 Å². The molecule has 3 rings (SSSR count). The molecule has 0 spiro atoms. The van der Waals surface area contributed by atoms with Crippen LogP contribution in [0.1, 0.15) is 51.1 Å². The van der Waals surface area contributed by atoms with Crippen LogP contribution in [0, 0.1) is 5.92 Å². The van der Waals surface area contributed by atoms with Crippen LogP contribution in [0.15, 0.2) is 24.3 Å². The molecule has 0 radical (unpaired) electrons. The summed E-state index contributed by atoms with van der Waals surface area (Å²) in [6, 6.07) is 7.99. The fourth-order valence-electron chi connectivity index (χ4n) is 2.95. The van der Waals surface area contributed by atoms with Gasteiger partial charge >= 0.3 is 6.03 Å². The summed E-state index contributed by atoms with van der Waals surface area (Å²) in [6.45, 7) is 4.10. The second-order valence-electron chi connectivity index (χ2n) is 7.56. The number of carbonyl (C=O) groups excluding carboxylic acids is 2. The summed E-state index contributed by atoms with van der Waals surface area (Å²) < 4.78 is 5.51. The number of rotatable bonds is 8. The van der Waals surface area contributed by atoms with Crippen LogP contribution in [0.5, 0.6) is 5.75 Å². The molecule has 2 unspecified atom stereocenters. The highest BCUT2D eigenvalue weighted by Crippen LogP contribution is 2.34. The Bertz CT molecular complexity index is 638. The number of urea groups is 1. The van der Waals surface area contributed by atoms with Gasteiger partial charge in [-0.25, -0.2) is 4.79 Å². The molecule has 1 aromatic carbocycles. The molecule has 0 aromatic heterocycles. The molecule has 2 saturated carbocycles. The summed E-state index contributed by atoms with van der Waals surface area (Å²) in [4.78, 5) is 25.8. The standard InChI is InChI=1S/C20H29N3O3/c1-13(21-20(25)23(3)14(2)16-4-5-16)15-6-10-18(11-7-15)26-12-19(24)22-17-8-9-17/h6-7,10-11,13-14,16-17H,4-5,8-9,12H2,1-3H3,(H,21,25)(H,22,24). The molecule has 2 N–H and O–H groups in total. The third-order valence-corrected chi connectivity index (χ3v) is 5.27. The van der Waals surface area contributed by atoms with Gasteiger partial charge in [-0.15, -0.1) is 0 Å². The van der Waals surface area contributed by atoms with Crippen molar-refractivity contribution in [2.75, 3.05) is 13.7 Å². The van der Waals surface area contributed by atoms with Gasteiger partial charge in [0.05, 0.1) is 6.04 Å². The van der Waals surface area contributed by atoms with E-state index in [1.165, 1.54) is 12.8 Å². The quantitative estimate of drug-likeness (QED) is 0.750. The average Bonchev–Trinajstić information content (AvgIpc) is 3.53. The average molecular weight is 359 g/mol. The van der Waals surface area contributed by atoms with E-state index in [1.54, 1.807) is 4.90 Å². The predicted molar refractivity (Wildman–Crippen MR) is 100.0 cm³/mol.